The maximum atomic E-state index is 6.35. The van der Waals surface area contributed by atoms with Crippen LogP contribution in [-0.4, -0.2) is 42.8 Å². The predicted molar refractivity (Wildman–Crippen MR) is 68.5 cm³/mol. The molecule has 1 aliphatic rings. The highest BCUT2D eigenvalue weighted by Crippen LogP contribution is 2.26. The minimum Gasteiger partial charge on any atom is -0.379 e. The molecule has 0 bridgehead atoms. The van der Waals surface area contributed by atoms with Gasteiger partial charge >= 0.3 is 0 Å². The van der Waals surface area contributed by atoms with Crippen LogP contribution in [0, 0.1) is 0 Å². The first-order valence-electron chi connectivity index (χ1n) is 6.23. The summed E-state index contributed by atoms with van der Waals surface area (Å²) in [5.74, 6) is 0. The van der Waals surface area contributed by atoms with Gasteiger partial charge in [0.25, 0.3) is 0 Å². The number of rotatable bonds is 5. The van der Waals surface area contributed by atoms with Gasteiger partial charge in [-0.1, -0.05) is 12.5 Å². The second-order valence-corrected chi connectivity index (χ2v) is 5.08. The zero-order chi connectivity index (χ0) is 12.2. The lowest BCUT2D eigenvalue weighted by Gasteiger charge is -2.46. The molecule has 0 saturated carbocycles. The third-order valence-corrected chi connectivity index (χ3v) is 3.82. The average Bonchev–Trinajstić information content (AvgIpc) is 2.28. The number of hydrogen-bond donors (Lipinski definition) is 1. The second-order valence-electron chi connectivity index (χ2n) is 5.08. The van der Waals surface area contributed by atoms with Gasteiger partial charge in [0, 0.05) is 24.7 Å². The summed E-state index contributed by atoms with van der Waals surface area (Å²) in [5, 5.41) is 0. The van der Waals surface area contributed by atoms with Crippen molar-refractivity contribution in [3.05, 3.63) is 12.2 Å². The number of morpholine rings is 1. The van der Waals surface area contributed by atoms with E-state index in [1.807, 2.05) is 0 Å². The zero-order valence-electron chi connectivity index (χ0n) is 11.0. The Balaban J connectivity index is 2.69. The van der Waals surface area contributed by atoms with E-state index in [0.717, 1.165) is 39.1 Å². The molecule has 3 heteroatoms. The Bertz CT molecular complexity index is 236. The van der Waals surface area contributed by atoms with Gasteiger partial charge in [0.2, 0.25) is 0 Å². The van der Waals surface area contributed by atoms with Gasteiger partial charge in [-0.3, -0.25) is 4.90 Å². The van der Waals surface area contributed by atoms with Gasteiger partial charge in [-0.2, -0.15) is 0 Å². The van der Waals surface area contributed by atoms with E-state index < -0.39 is 0 Å². The SMILES string of the molecule is C=C(C)CC(N)C(C)(CC)N1CCOCC1. The van der Waals surface area contributed by atoms with Crippen molar-refractivity contribution in [2.24, 2.45) is 5.73 Å². The van der Waals surface area contributed by atoms with E-state index in [1.54, 1.807) is 0 Å². The standard InChI is InChI=1S/C13H26N2O/c1-5-13(4,12(14)10-11(2)3)15-6-8-16-9-7-15/h12H,2,5-10,14H2,1,3-4H3. The van der Waals surface area contributed by atoms with Gasteiger partial charge in [0.1, 0.15) is 0 Å². The van der Waals surface area contributed by atoms with Crippen LogP contribution in [0.2, 0.25) is 0 Å². The lowest BCUT2D eigenvalue weighted by molar-refractivity contribution is -0.0272. The molecule has 0 aromatic rings. The second kappa shape index (κ2) is 5.80. The molecule has 1 fully saturated rings. The van der Waals surface area contributed by atoms with Crippen LogP contribution in [-0.2, 0) is 4.74 Å². The van der Waals surface area contributed by atoms with Gasteiger partial charge in [-0.05, 0) is 26.7 Å². The van der Waals surface area contributed by atoms with Crippen molar-refractivity contribution in [2.45, 2.75) is 45.2 Å². The molecular weight excluding hydrogens is 200 g/mol. The summed E-state index contributed by atoms with van der Waals surface area (Å²) in [6.45, 7) is 14.1. The minimum absolute atomic E-state index is 0.0722. The first kappa shape index (κ1) is 13.7. The van der Waals surface area contributed by atoms with E-state index in [1.165, 1.54) is 5.57 Å². The highest BCUT2D eigenvalue weighted by atomic mass is 16.5. The van der Waals surface area contributed by atoms with Gasteiger partial charge in [-0.15, -0.1) is 6.58 Å². The summed E-state index contributed by atoms with van der Waals surface area (Å²) in [6, 6.07) is 0.160. The number of hydrogen-bond acceptors (Lipinski definition) is 3. The molecule has 0 aliphatic carbocycles. The van der Waals surface area contributed by atoms with Crippen LogP contribution >= 0.6 is 0 Å². The summed E-state index contributed by atoms with van der Waals surface area (Å²) in [6.07, 6.45) is 1.98. The summed E-state index contributed by atoms with van der Waals surface area (Å²) in [4.78, 5) is 2.48. The number of nitrogens with two attached hydrogens (primary N) is 1. The molecule has 1 rings (SSSR count). The van der Waals surface area contributed by atoms with E-state index in [2.05, 4.69) is 32.3 Å². The van der Waals surface area contributed by atoms with Gasteiger partial charge in [0.05, 0.1) is 13.2 Å². The highest BCUT2D eigenvalue weighted by molar-refractivity contribution is 5.02. The average molecular weight is 226 g/mol. The summed E-state index contributed by atoms with van der Waals surface area (Å²) >= 11 is 0. The third-order valence-electron chi connectivity index (χ3n) is 3.82. The number of ether oxygens (including phenoxy) is 1. The van der Waals surface area contributed by atoms with E-state index in [9.17, 15) is 0 Å². The van der Waals surface area contributed by atoms with Crippen molar-refractivity contribution in [3.8, 4) is 0 Å². The van der Waals surface area contributed by atoms with Crippen LogP contribution in [0.25, 0.3) is 0 Å². The fraction of sp³-hybridized carbons (Fsp3) is 0.846. The molecule has 0 radical (unpaired) electrons. The van der Waals surface area contributed by atoms with Crippen molar-refractivity contribution in [2.75, 3.05) is 26.3 Å². The number of nitrogens with zero attached hydrogens (tertiary/aromatic N) is 1. The van der Waals surface area contributed by atoms with Gasteiger partial charge in [-0.25, -0.2) is 0 Å². The summed E-state index contributed by atoms with van der Waals surface area (Å²) in [5.41, 5.74) is 7.59. The molecule has 0 amide bonds. The highest BCUT2D eigenvalue weighted by Gasteiger charge is 2.36. The maximum absolute atomic E-state index is 6.35. The van der Waals surface area contributed by atoms with Crippen molar-refractivity contribution in [3.63, 3.8) is 0 Å². The lowest BCUT2D eigenvalue weighted by atomic mass is 9.84. The van der Waals surface area contributed by atoms with Crippen LogP contribution in [0.3, 0.4) is 0 Å². The van der Waals surface area contributed by atoms with E-state index in [-0.39, 0.29) is 11.6 Å². The quantitative estimate of drug-likeness (QED) is 0.726. The Labute approximate surface area is 99.6 Å². The zero-order valence-corrected chi connectivity index (χ0v) is 11.0. The summed E-state index contributed by atoms with van der Waals surface area (Å²) in [7, 11) is 0. The first-order valence-corrected chi connectivity index (χ1v) is 6.23. The van der Waals surface area contributed by atoms with Crippen LogP contribution < -0.4 is 5.73 Å². The van der Waals surface area contributed by atoms with Crippen LogP contribution in [0.1, 0.15) is 33.6 Å². The monoisotopic (exact) mass is 226 g/mol. The van der Waals surface area contributed by atoms with Gasteiger partial charge in [0.15, 0.2) is 0 Å². The molecule has 2 atom stereocenters. The largest absolute Gasteiger partial charge is 0.379 e. The van der Waals surface area contributed by atoms with Crippen LogP contribution in [0.4, 0.5) is 0 Å². The van der Waals surface area contributed by atoms with Crippen molar-refractivity contribution >= 4 is 0 Å². The maximum Gasteiger partial charge on any atom is 0.0594 e. The molecule has 2 N–H and O–H groups in total. The molecule has 0 aromatic carbocycles. The Kier molecular flexibility index (Phi) is 4.96. The normalized spacial score (nSPS) is 23.8. The van der Waals surface area contributed by atoms with Crippen molar-refractivity contribution in [1.29, 1.82) is 0 Å². The van der Waals surface area contributed by atoms with E-state index >= 15 is 0 Å². The molecule has 1 aliphatic heterocycles. The summed E-state index contributed by atoms with van der Waals surface area (Å²) < 4.78 is 5.40. The molecule has 2 unspecified atom stereocenters. The Morgan fingerprint density at radius 2 is 2.06 bits per heavy atom. The molecule has 1 heterocycles. The van der Waals surface area contributed by atoms with Gasteiger partial charge < -0.3 is 10.5 Å². The van der Waals surface area contributed by atoms with Crippen LogP contribution in [0.15, 0.2) is 12.2 Å². The fourth-order valence-electron chi connectivity index (χ4n) is 2.39. The third kappa shape index (κ3) is 3.06. The Morgan fingerprint density at radius 1 is 1.50 bits per heavy atom. The van der Waals surface area contributed by atoms with Crippen LogP contribution in [0.5, 0.6) is 0 Å². The topological polar surface area (TPSA) is 38.5 Å². The smallest absolute Gasteiger partial charge is 0.0594 e. The Hall–Kier alpha value is -0.380. The van der Waals surface area contributed by atoms with Crippen molar-refractivity contribution < 1.29 is 4.74 Å². The predicted octanol–water partition coefficient (Wildman–Crippen LogP) is 1.78. The molecule has 94 valence electrons. The first-order chi connectivity index (χ1) is 7.50. The molecule has 3 nitrogen and oxygen atoms in total. The minimum atomic E-state index is 0.0722. The molecule has 16 heavy (non-hydrogen) atoms. The van der Waals surface area contributed by atoms with E-state index in [0.29, 0.717) is 0 Å². The molecular formula is C13H26N2O. The van der Waals surface area contributed by atoms with Crippen molar-refractivity contribution in [1.82, 2.24) is 4.90 Å². The Morgan fingerprint density at radius 3 is 2.50 bits per heavy atom. The van der Waals surface area contributed by atoms with E-state index in [4.69, 9.17) is 10.5 Å². The molecule has 0 aromatic heterocycles. The molecule has 1 saturated heterocycles. The fourth-order valence-corrected chi connectivity index (χ4v) is 2.39. The lowest BCUT2D eigenvalue weighted by Crippen LogP contribution is -2.60. The molecule has 0 spiro atoms.